The second kappa shape index (κ2) is 9.05. The quantitative estimate of drug-likeness (QED) is 0.825. The molecule has 1 N–H and O–H groups in total. The minimum atomic E-state index is -0.412. The third kappa shape index (κ3) is 4.74. The Morgan fingerprint density at radius 1 is 1.00 bits per heavy atom. The Kier molecular flexibility index (Phi) is 6.05. The van der Waals surface area contributed by atoms with Crippen molar-refractivity contribution >= 4 is 17.6 Å². The lowest BCUT2D eigenvalue weighted by molar-refractivity contribution is -0.139. The van der Waals surface area contributed by atoms with Crippen LogP contribution < -0.4 is 10.2 Å². The number of nitrogens with one attached hydrogen (secondary N) is 1. The Hall–Kier alpha value is -2.93. The molecule has 2 amide bonds. The summed E-state index contributed by atoms with van der Waals surface area (Å²) in [5.41, 5.74) is 1.16. The highest BCUT2D eigenvalue weighted by Gasteiger charge is 2.33. The maximum absolute atomic E-state index is 12.9. The second-order valence-electron chi connectivity index (χ2n) is 7.52. The first-order valence-electron chi connectivity index (χ1n) is 10.2. The summed E-state index contributed by atoms with van der Waals surface area (Å²) in [6.45, 7) is 4.89. The van der Waals surface area contributed by atoms with Crippen molar-refractivity contribution in [2.45, 2.75) is 19.0 Å². The van der Waals surface area contributed by atoms with Crippen LogP contribution in [0.25, 0.3) is 0 Å². The van der Waals surface area contributed by atoms with E-state index in [0.29, 0.717) is 26.2 Å². The van der Waals surface area contributed by atoms with Crippen LogP contribution in [0.3, 0.4) is 0 Å². The van der Waals surface area contributed by atoms with Gasteiger partial charge in [-0.05, 0) is 17.7 Å². The Morgan fingerprint density at radius 3 is 2.48 bits per heavy atom. The van der Waals surface area contributed by atoms with Gasteiger partial charge in [-0.3, -0.25) is 14.5 Å². The van der Waals surface area contributed by atoms with Gasteiger partial charge >= 0.3 is 0 Å². The molecule has 0 spiro atoms. The van der Waals surface area contributed by atoms with Gasteiger partial charge in [0.25, 0.3) is 0 Å². The standard InChI is InChI=1S/C22H27N5O2/c28-21(26-14-12-25(13-15-26)20-8-4-5-9-23-20)16-19-22(29)24-10-11-27(19)17-18-6-2-1-3-7-18/h1-9,19H,10-17H2,(H,24,29). The van der Waals surface area contributed by atoms with Gasteiger partial charge in [0.05, 0.1) is 12.5 Å². The monoisotopic (exact) mass is 393 g/mol. The van der Waals surface area contributed by atoms with E-state index in [-0.39, 0.29) is 18.2 Å². The number of hydrogen-bond donors (Lipinski definition) is 1. The maximum atomic E-state index is 12.9. The van der Waals surface area contributed by atoms with Crippen LogP contribution in [0.5, 0.6) is 0 Å². The largest absolute Gasteiger partial charge is 0.353 e. The zero-order valence-corrected chi connectivity index (χ0v) is 16.5. The SMILES string of the molecule is O=C1NCCN(Cc2ccccc2)C1CC(=O)N1CCN(c2ccccn2)CC1. The minimum Gasteiger partial charge on any atom is -0.353 e. The number of anilines is 1. The number of carbonyl (C=O) groups excluding carboxylic acids is 2. The number of aromatic nitrogens is 1. The van der Waals surface area contributed by atoms with Gasteiger partial charge in [0.15, 0.2) is 0 Å². The van der Waals surface area contributed by atoms with Crippen molar-refractivity contribution in [1.82, 2.24) is 20.1 Å². The first kappa shape index (κ1) is 19.4. The number of piperazine rings is 2. The lowest BCUT2D eigenvalue weighted by Crippen LogP contribution is -2.57. The molecule has 2 fully saturated rings. The number of pyridine rings is 1. The topological polar surface area (TPSA) is 68.8 Å². The molecule has 1 aromatic carbocycles. The lowest BCUT2D eigenvalue weighted by Gasteiger charge is -2.38. The Bertz CT molecular complexity index is 822. The van der Waals surface area contributed by atoms with E-state index in [0.717, 1.165) is 31.0 Å². The summed E-state index contributed by atoms with van der Waals surface area (Å²) in [5.74, 6) is 0.943. The van der Waals surface area contributed by atoms with Crippen LogP contribution in [0.4, 0.5) is 5.82 Å². The van der Waals surface area contributed by atoms with Crippen LogP contribution in [0, 0.1) is 0 Å². The molecule has 1 atom stereocenters. The van der Waals surface area contributed by atoms with Gasteiger partial charge in [0.1, 0.15) is 5.82 Å². The summed E-state index contributed by atoms with van der Waals surface area (Å²) in [6, 6.07) is 15.6. The highest BCUT2D eigenvalue weighted by Crippen LogP contribution is 2.17. The highest BCUT2D eigenvalue weighted by atomic mass is 16.2. The first-order valence-corrected chi connectivity index (χ1v) is 10.2. The van der Waals surface area contributed by atoms with Gasteiger partial charge in [0.2, 0.25) is 11.8 Å². The zero-order valence-electron chi connectivity index (χ0n) is 16.5. The number of benzene rings is 1. The highest BCUT2D eigenvalue weighted by molar-refractivity contribution is 5.89. The summed E-state index contributed by atoms with van der Waals surface area (Å²) < 4.78 is 0. The summed E-state index contributed by atoms with van der Waals surface area (Å²) in [6.07, 6.45) is 2.01. The van der Waals surface area contributed by atoms with Gasteiger partial charge in [-0.15, -0.1) is 0 Å². The second-order valence-corrected chi connectivity index (χ2v) is 7.52. The molecular weight excluding hydrogens is 366 g/mol. The molecule has 4 rings (SSSR count). The number of hydrogen-bond acceptors (Lipinski definition) is 5. The van der Waals surface area contributed by atoms with Crippen molar-refractivity contribution in [3.8, 4) is 0 Å². The molecule has 0 aliphatic carbocycles. The number of carbonyl (C=O) groups is 2. The van der Waals surface area contributed by atoms with E-state index >= 15 is 0 Å². The molecule has 2 aliphatic heterocycles. The fourth-order valence-corrected chi connectivity index (χ4v) is 4.01. The van der Waals surface area contributed by atoms with Crippen LogP contribution in [-0.4, -0.2) is 71.9 Å². The van der Waals surface area contributed by atoms with E-state index in [2.05, 4.69) is 32.2 Å². The van der Waals surface area contributed by atoms with Gasteiger partial charge in [-0.1, -0.05) is 36.4 Å². The molecule has 7 heteroatoms. The molecule has 2 aliphatic rings. The van der Waals surface area contributed by atoms with Crippen molar-refractivity contribution < 1.29 is 9.59 Å². The van der Waals surface area contributed by atoms with Crippen LogP contribution >= 0.6 is 0 Å². The lowest BCUT2D eigenvalue weighted by atomic mass is 10.1. The smallest absolute Gasteiger partial charge is 0.237 e. The zero-order chi connectivity index (χ0) is 20.1. The fourth-order valence-electron chi connectivity index (χ4n) is 4.01. The molecule has 0 bridgehead atoms. The minimum absolute atomic E-state index is 0.0470. The molecule has 152 valence electrons. The molecule has 1 unspecified atom stereocenters. The van der Waals surface area contributed by atoms with Crippen LogP contribution in [0.1, 0.15) is 12.0 Å². The van der Waals surface area contributed by atoms with Crippen LogP contribution in [0.15, 0.2) is 54.7 Å². The summed E-state index contributed by atoms with van der Waals surface area (Å²) >= 11 is 0. The van der Waals surface area contributed by atoms with Gasteiger partial charge < -0.3 is 15.1 Å². The van der Waals surface area contributed by atoms with Gasteiger partial charge in [0, 0.05) is 52.0 Å². The molecule has 7 nitrogen and oxygen atoms in total. The van der Waals surface area contributed by atoms with Crippen molar-refractivity contribution in [2.75, 3.05) is 44.2 Å². The molecule has 29 heavy (non-hydrogen) atoms. The number of amides is 2. The van der Waals surface area contributed by atoms with Crippen molar-refractivity contribution in [2.24, 2.45) is 0 Å². The molecule has 2 aromatic rings. The average molecular weight is 393 g/mol. The van der Waals surface area contributed by atoms with Crippen molar-refractivity contribution in [3.63, 3.8) is 0 Å². The number of rotatable bonds is 5. The van der Waals surface area contributed by atoms with Gasteiger partial charge in [-0.25, -0.2) is 4.98 Å². The van der Waals surface area contributed by atoms with E-state index in [4.69, 9.17) is 0 Å². The Morgan fingerprint density at radius 2 is 1.76 bits per heavy atom. The summed E-state index contributed by atoms with van der Waals surface area (Å²) in [7, 11) is 0. The molecule has 1 aromatic heterocycles. The molecule has 2 saturated heterocycles. The maximum Gasteiger partial charge on any atom is 0.237 e. The van der Waals surface area contributed by atoms with E-state index in [1.807, 2.05) is 41.3 Å². The van der Waals surface area contributed by atoms with E-state index in [1.165, 1.54) is 0 Å². The average Bonchev–Trinajstić information content (AvgIpc) is 2.77. The van der Waals surface area contributed by atoms with Gasteiger partial charge in [-0.2, -0.15) is 0 Å². The predicted molar refractivity (Wildman–Crippen MR) is 111 cm³/mol. The molecular formula is C22H27N5O2. The third-order valence-electron chi connectivity index (χ3n) is 5.64. The summed E-state index contributed by atoms with van der Waals surface area (Å²) in [4.78, 5) is 36.0. The Labute approximate surface area is 171 Å². The van der Waals surface area contributed by atoms with E-state index < -0.39 is 6.04 Å². The first-order chi connectivity index (χ1) is 14.2. The normalized spacial score (nSPS) is 20.4. The molecule has 3 heterocycles. The Balaban J connectivity index is 1.35. The summed E-state index contributed by atoms with van der Waals surface area (Å²) in [5, 5.41) is 2.92. The van der Waals surface area contributed by atoms with E-state index in [1.54, 1.807) is 6.20 Å². The van der Waals surface area contributed by atoms with Crippen LogP contribution in [0.2, 0.25) is 0 Å². The number of nitrogens with zero attached hydrogens (tertiary/aromatic N) is 4. The van der Waals surface area contributed by atoms with Crippen LogP contribution in [-0.2, 0) is 16.1 Å². The van der Waals surface area contributed by atoms with Crippen molar-refractivity contribution in [3.05, 3.63) is 60.3 Å². The third-order valence-corrected chi connectivity index (χ3v) is 5.64. The predicted octanol–water partition coefficient (Wildman–Crippen LogP) is 1.12. The fraction of sp³-hybridized carbons (Fsp3) is 0.409. The van der Waals surface area contributed by atoms with Crippen molar-refractivity contribution in [1.29, 1.82) is 0 Å². The molecule has 0 radical (unpaired) electrons. The van der Waals surface area contributed by atoms with E-state index in [9.17, 15) is 9.59 Å². The molecule has 0 saturated carbocycles.